The van der Waals surface area contributed by atoms with Gasteiger partial charge in [0.25, 0.3) is 0 Å². The Labute approximate surface area is 107 Å². The van der Waals surface area contributed by atoms with E-state index in [-0.39, 0.29) is 5.56 Å². The van der Waals surface area contributed by atoms with Crippen molar-refractivity contribution in [2.24, 2.45) is 0 Å². The van der Waals surface area contributed by atoms with Gasteiger partial charge in [-0.15, -0.1) is 0 Å². The normalized spacial score (nSPS) is 10.6. The van der Waals surface area contributed by atoms with Crippen LogP contribution in [0, 0.1) is 0 Å². The van der Waals surface area contributed by atoms with Crippen LogP contribution < -0.4 is 4.74 Å². The summed E-state index contributed by atoms with van der Waals surface area (Å²) in [6.07, 6.45) is 0.828. The molecule has 0 aliphatic carbocycles. The second-order valence-electron chi connectivity index (χ2n) is 3.57. The van der Waals surface area contributed by atoms with Crippen LogP contribution in [0.25, 0.3) is 10.9 Å². The van der Waals surface area contributed by atoms with E-state index in [9.17, 15) is 9.90 Å². The van der Waals surface area contributed by atoms with Crippen LogP contribution in [0.1, 0.15) is 16.8 Å². The topological polar surface area (TPSA) is 62.3 Å². The molecular weight excluding hydrogens is 286 g/mol. The Balaban J connectivity index is 2.39. The molecule has 90 valence electrons. The third-order valence-electron chi connectivity index (χ3n) is 2.41. The minimum atomic E-state index is -0.976. The average Bonchev–Trinajstić information content (AvgIpc) is 2.67. The second kappa shape index (κ2) is 5.23. The summed E-state index contributed by atoms with van der Waals surface area (Å²) in [4.78, 5) is 14.2. The molecule has 0 aliphatic heterocycles. The summed E-state index contributed by atoms with van der Waals surface area (Å²) in [5.41, 5.74) is 0.980. The van der Waals surface area contributed by atoms with Gasteiger partial charge in [-0.3, -0.25) is 0 Å². The maximum absolute atomic E-state index is 11.2. The molecule has 1 aromatic heterocycles. The van der Waals surface area contributed by atoms with E-state index in [4.69, 9.17) is 4.74 Å². The van der Waals surface area contributed by atoms with Crippen molar-refractivity contribution in [2.75, 3.05) is 11.9 Å². The van der Waals surface area contributed by atoms with Gasteiger partial charge < -0.3 is 14.8 Å². The molecular formula is C12H12BrNO3. The molecule has 0 bridgehead atoms. The molecule has 0 spiro atoms. The highest BCUT2D eigenvalue weighted by Crippen LogP contribution is 2.27. The third-order valence-corrected chi connectivity index (χ3v) is 2.97. The summed E-state index contributed by atoms with van der Waals surface area (Å²) >= 11 is 3.30. The number of carbonyl (C=O) groups is 1. The van der Waals surface area contributed by atoms with Gasteiger partial charge in [0.2, 0.25) is 5.88 Å². The lowest BCUT2D eigenvalue weighted by Crippen LogP contribution is -2.03. The zero-order chi connectivity index (χ0) is 12.3. The van der Waals surface area contributed by atoms with Crippen molar-refractivity contribution in [1.29, 1.82) is 0 Å². The SMILES string of the molecule is O=C(O)c1c(OCCCBr)[nH]c2ccccc12. The molecule has 0 amide bonds. The smallest absolute Gasteiger partial charge is 0.341 e. The van der Waals surface area contributed by atoms with Gasteiger partial charge in [0.05, 0.1) is 6.61 Å². The van der Waals surface area contributed by atoms with Gasteiger partial charge in [0.1, 0.15) is 5.56 Å². The van der Waals surface area contributed by atoms with Crippen LogP contribution in [-0.2, 0) is 0 Å². The number of halogens is 1. The molecule has 0 unspecified atom stereocenters. The van der Waals surface area contributed by atoms with Crippen LogP contribution in [-0.4, -0.2) is 28.0 Å². The summed E-state index contributed by atoms with van der Waals surface area (Å²) in [6, 6.07) is 7.27. The summed E-state index contributed by atoms with van der Waals surface area (Å²) in [5.74, 6) is -0.643. The molecule has 0 fully saturated rings. The number of aromatic nitrogens is 1. The van der Waals surface area contributed by atoms with E-state index < -0.39 is 5.97 Å². The van der Waals surface area contributed by atoms with E-state index in [1.807, 2.05) is 18.2 Å². The van der Waals surface area contributed by atoms with Crippen molar-refractivity contribution in [3.8, 4) is 5.88 Å². The molecule has 1 aromatic carbocycles. The van der Waals surface area contributed by atoms with E-state index in [2.05, 4.69) is 20.9 Å². The Morgan fingerprint density at radius 2 is 2.18 bits per heavy atom. The predicted octanol–water partition coefficient (Wildman–Crippen LogP) is 3.03. The lowest BCUT2D eigenvalue weighted by Gasteiger charge is -2.03. The number of para-hydroxylation sites is 1. The van der Waals surface area contributed by atoms with Gasteiger partial charge >= 0.3 is 5.97 Å². The van der Waals surface area contributed by atoms with Crippen molar-refractivity contribution in [3.05, 3.63) is 29.8 Å². The number of benzene rings is 1. The lowest BCUT2D eigenvalue weighted by atomic mass is 10.2. The molecule has 5 heteroatoms. The molecule has 0 aliphatic rings. The molecule has 2 rings (SSSR count). The Kier molecular flexibility index (Phi) is 3.68. The fourth-order valence-corrected chi connectivity index (χ4v) is 1.90. The molecule has 2 aromatic rings. The predicted molar refractivity (Wildman–Crippen MR) is 69.2 cm³/mol. The lowest BCUT2D eigenvalue weighted by molar-refractivity contribution is 0.0694. The monoisotopic (exact) mass is 297 g/mol. The van der Waals surface area contributed by atoms with Gasteiger partial charge in [-0.05, 0) is 12.5 Å². The largest absolute Gasteiger partial charge is 0.478 e. The van der Waals surface area contributed by atoms with E-state index in [1.165, 1.54) is 0 Å². The standard InChI is InChI=1S/C12H12BrNO3/c13-6-3-7-17-11-10(12(15)16)8-4-1-2-5-9(8)14-11/h1-2,4-5,14H,3,6-7H2,(H,15,16). The first-order valence-corrected chi connectivity index (χ1v) is 6.39. The van der Waals surface area contributed by atoms with E-state index in [1.54, 1.807) is 6.07 Å². The fourth-order valence-electron chi connectivity index (χ4n) is 1.67. The van der Waals surface area contributed by atoms with Crippen molar-refractivity contribution in [3.63, 3.8) is 0 Å². The van der Waals surface area contributed by atoms with Crippen LogP contribution in [0.5, 0.6) is 5.88 Å². The van der Waals surface area contributed by atoms with Crippen molar-refractivity contribution in [1.82, 2.24) is 4.98 Å². The van der Waals surface area contributed by atoms with Crippen LogP contribution in [0.15, 0.2) is 24.3 Å². The molecule has 2 N–H and O–H groups in total. The molecule has 1 heterocycles. The first kappa shape index (κ1) is 12.0. The number of hydrogen-bond acceptors (Lipinski definition) is 2. The zero-order valence-corrected chi connectivity index (χ0v) is 10.7. The quantitative estimate of drug-likeness (QED) is 0.659. The molecule has 17 heavy (non-hydrogen) atoms. The second-order valence-corrected chi connectivity index (χ2v) is 4.36. The zero-order valence-electron chi connectivity index (χ0n) is 9.07. The summed E-state index contributed by atoms with van der Waals surface area (Å²) in [7, 11) is 0. The third kappa shape index (κ3) is 2.44. The minimum Gasteiger partial charge on any atom is -0.478 e. The number of fused-ring (bicyclic) bond motifs is 1. The number of aromatic amines is 1. The fraction of sp³-hybridized carbons (Fsp3) is 0.250. The first-order valence-electron chi connectivity index (χ1n) is 5.27. The number of nitrogens with one attached hydrogen (secondary N) is 1. The van der Waals surface area contributed by atoms with E-state index in [0.29, 0.717) is 17.9 Å². The number of ether oxygens (including phenoxy) is 1. The molecule has 0 saturated carbocycles. The summed E-state index contributed by atoms with van der Waals surface area (Å²) in [5, 5.41) is 10.7. The molecule has 0 atom stereocenters. The maximum Gasteiger partial charge on any atom is 0.341 e. The van der Waals surface area contributed by atoms with Gasteiger partial charge in [-0.2, -0.15) is 0 Å². The maximum atomic E-state index is 11.2. The molecule has 0 saturated heterocycles. The molecule has 4 nitrogen and oxygen atoms in total. The van der Waals surface area contributed by atoms with Crippen LogP contribution in [0.2, 0.25) is 0 Å². The Morgan fingerprint density at radius 1 is 1.41 bits per heavy atom. The minimum absolute atomic E-state index is 0.204. The van der Waals surface area contributed by atoms with Crippen LogP contribution in [0.3, 0.4) is 0 Å². The number of carboxylic acid groups (broad SMARTS) is 1. The number of carboxylic acids is 1. The number of aromatic carboxylic acids is 1. The highest BCUT2D eigenvalue weighted by molar-refractivity contribution is 9.09. The van der Waals surface area contributed by atoms with Gasteiger partial charge in [-0.1, -0.05) is 34.1 Å². The summed E-state index contributed by atoms with van der Waals surface area (Å²) < 4.78 is 5.46. The van der Waals surface area contributed by atoms with Gasteiger partial charge in [0, 0.05) is 16.2 Å². The highest BCUT2D eigenvalue weighted by Gasteiger charge is 2.18. The first-order chi connectivity index (χ1) is 8.24. The number of rotatable bonds is 5. The van der Waals surface area contributed by atoms with Crippen LogP contribution in [0.4, 0.5) is 0 Å². The average molecular weight is 298 g/mol. The van der Waals surface area contributed by atoms with Gasteiger partial charge in [0.15, 0.2) is 0 Å². The number of H-pyrrole nitrogens is 1. The van der Waals surface area contributed by atoms with Crippen LogP contribution >= 0.6 is 15.9 Å². The van der Waals surface area contributed by atoms with Crippen molar-refractivity contribution < 1.29 is 14.6 Å². The van der Waals surface area contributed by atoms with Crippen molar-refractivity contribution >= 4 is 32.8 Å². The Morgan fingerprint density at radius 3 is 2.88 bits per heavy atom. The van der Waals surface area contributed by atoms with E-state index >= 15 is 0 Å². The van der Waals surface area contributed by atoms with Crippen molar-refractivity contribution in [2.45, 2.75) is 6.42 Å². The Bertz CT molecular complexity index is 536. The number of hydrogen-bond donors (Lipinski definition) is 2. The Hall–Kier alpha value is -1.49. The molecule has 0 radical (unpaired) electrons. The number of alkyl halides is 1. The highest BCUT2D eigenvalue weighted by atomic mass is 79.9. The summed E-state index contributed by atoms with van der Waals surface area (Å²) in [6.45, 7) is 0.484. The van der Waals surface area contributed by atoms with E-state index in [0.717, 1.165) is 17.3 Å². The van der Waals surface area contributed by atoms with Gasteiger partial charge in [-0.25, -0.2) is 4.79 Å².